The maximum Gasteiger partial charge on any atom is 0.0499 e. The van der Waals surface area contributed by atoms with Gasteiger partial charge < -0.3 is 0 Å². The molecule has 2 nitrogen and oxygen atoms in total. The van der Waals surface area contributed by atoms with Crippen LogP contribution in [-0.4, -0.2) is 0 Å². The van der Waals surface area contributed by atoms with E-state index < -0.39 is 0 Å². The molecule has 90 valence electrons. The Morgan fingerprint density at radius 3 is 2.44 bits per heavy atom. The molecule has 1 atom stereocenters. The summed E-state index contributed by atoms with van der Waals surface area (Å²) >= 11 is 9.47. The fourth-order valence-corrected chi connectivity index (χ4v) is 2.92. The van der Waals surface area contributed by atoms with Gasteiger partial charge in [-0.05, 0) is 23.6 Å². The largest absolute Gasteiger partial charge is 0.271 e. The molecule has 0 bridgehead atoms. The van der Waals surface area contributed by atoms with Gasteiger partial charge in [0.2, 0.25) is 0 Å². The van der Waals surface area contributed by atoms with Crippen LogP contribution in [0.25, 0.3) is 0 Å². The number of hydrogen-bond donors (Lipinski definition) is 2. The lowest BCUT2D eigenvalue weighted by Crippen LogP contribution is -2.33. The highest BCUT2D eigenvalue weighted by molar-refractivity contribution is 9.10. The van der Waals surface area contributed by atoms with Gasteiger partial charge in [-0.3, -0.25) is 11.3 Å². The molecule has 1 unspecified atom stereocenters. The summed E-state index contributed by atoms with van der Waals surface area (Å²) in [5, 5.41) is 0.732. The van der Waals surface area contributed by atoms with Crippen molar-refractivity contribution in [2.45, 2.75) is 32.7 Å². The summed E-state index contributed by atoms with van der Waals surface area (Å²) in [4.78, 5) is 0. The van der Waals surface area contributed by atoms with E-state index in [1.165, 1.54) is 5.56 Å². The average molecular weight is 306 g/mol. The summed E-state index contributed by atoms with van der Waals surface area (Å²) in [5.41, 5.74) is 4.07. The van der Waals surface area contributed by atoms with Crippen LogP contribution in [0.4, 0.5) is 0 Å². The van der Waals surface area contributed by atoms with Gasteiger partial charge >= 0.3 is 0 Å². The first-order chi connectivity index (χ1) is 7.63. The molecule has 0 radical (unpaired) electrons. The normalized spacial score (nSPS) is 13.1. The molecular weight excluding hydrogens is 288 g/mol. The zero-order valence-corrected chi connectivity index (χ0v) is 12.0. The van der Waals surface area contributed by atoms with Crippen molar-refractivity contribution >= 4 is 27.5 Å². The molecule has 1 rings (SSSR count). The monoisotopic (exact) mass is 304 g/mol. The van der Waals surface area contributed by atoms with Gasteiger partial charge in [-0.2, -0.15) is 0 Å². The highest BCUT2D eigenvalue weighted by Crippen LogP contribution is 2.33. The van der Waals surface area contributed by atoms with Gasteiger partial charge in [0.15, 0.2) is 0 Å². The molecule has 0 saturated carbocycles. The molecule has 0 aliphatic heterocycles. The highest BCUT2D eigenvalue weighted by Gasteiger charge is 2.21. The fourth-order valence-electron chi connectivity index (χ4n) is 1.99. The average Bonchev–Trinajstić information content (AvgIpc) is 2.27. The second-order valence-electron chi connectivity index (χ2n) is 3.89. The molecule has 0 amide bonds. The van der Waals surface area contributed by atoms with Crippen LogP contribution in [-0.2, 0) is 0 Å². The number of halogens is 2. The van der Waals surface area contributed by atoms with E-state index in [0.29, 0.717) is 5.92 Å². The summed E-state index contributed by atoms with van der Waals surface area (Å²) in [6.45, 7) is 4.37. The minimum atomic E-state index is 0.168. The van der Waals surface area contributed by atoms with Gasteiger partial charge in [0.1, 0.15) is 0 Å². The van der Waals surface area contributed by atoms with Crippen molar-refractivity contribution in [1.29, 1.82) is 0 Å². The van der Waals surface area contributed by atoms with Crippen LogP contribution < -0.4 is 11.3 Å². The molecule has 0 spiro atoms. The molecule has 16 heavy (non-hydrogen) atoms. The number of benzene rings is 1. The molecular formula is C12H18BrClN2. The Balaban J connectivity index is 3.03. The molecule has 1 aromatic carbocycles. The smallest absolute Gasteiger partial charge is 0.0499 e. The van der Waals surface area contributed by atoms with Crippen molar-refractivity contribution in [1.82, 2.24) is 5.43 Å². The van der Waals surface area contributed by atoms with E-state index >= 15 is 0 Å². The summed E-state index contributed by atoms with van der Waals surface area (Å²) in [6.07, 6.45) is 2.20. The van der Waals surface area contributed by atoms with Gasteiger partial charge in [0.25, 0.3) is 0 Å². The number of nitrogens with two attached hydrogens (primary N) is 1. The molecule has 0 saturated heterocycles. The number of hydrogen-bond acceptors (Lipinski definition) is 2. The van der Waals surface area contributed by atoms with E-state index in [-0.39, 0.29) is 6.04 Å². The summed E-state index contributed by atoms with van der Waals surface area (Å²) in [5.74, 6) is 6.19. The van der Waals surface area contributed by atoms with Crippen LogP contribution in [0.1, 0.15) is 38.3 Å². The van der Waals surface area contributed by atoms with Crippen molar-refractivity contribution in [2.24, 2.45) is 11.8 Å². The number of nitrogens with one attached hydrogen (secondary N) is 1. The molecule has 3 N–H and O–H groups in total. The van der Waals surface area contributed by atoms with Crippen LogP contribution in [0.2, 0.25) is 5.02 Å². The van der Waals surface area contributed by atoms with Crippen LogP contribution in [0.3, 0.4) is 0 Å². The quantitative estimate of drug-likeness (QED) is 0.636. The van der Waals surface area contributed by atoms with Crippen molar-refractivity contribution in [2.75, 3.05) is 0 Å². The Morgan fingerprint density at radius 2 is 2.00 bits per heavy atom. The van der Waals surface area contributed by atoms with E-state index in [9.17, 15) is 0 Å². The zero-order valence-electron chi connectivity index (χ0n) is 9.63. The zero-order chi connectivity index (χ0) is 12.1. The molecule has 0 aromatic heterocycles. The Morgan fingerprint density at radius 1 is 1.38 bits per heavy atom. The third-order valence-electron chi connectivity index (χ3n) is 3.00. The van der Waals surface area contributed by atoms with E-state index in [4.69, 9.17) is 17.4 Å². The Bertz CT molecular complexity index is 340. The first kappa shape index (κ1) is 14.0. The molecule has 0 fully saturated rings. The maximum atomic E-state index is 5.93. The second-order valence-corrected chi connectivity index (χ2v) is 5.18. The lowest BCUT2D eigenvalue weighted by atomic mass is 9.89. The van der Waals surface area contributed by atoms with Crippen LogP contribution in [0, 0.1) is 5.92 Å². The van der Waals surface area contributed by atoms with E-state index in [0.717, 1.165) is 22.3 Å². The highest BCUT2D eigenvalue weighted by atomic mass is 79.9. The molecule has 0 aliphatic rings. The predicted molar refractivity (Wildman–Crippen MR) is 73.3 cm³/mol. The molecule has 4 heteroatoms. The Kier molecular flexibility index (Phi) is 5.76. The Hall–Kier alpha value is -0.0900. The third kappa shape index (κ3) is 3.20. The summed E-state index contributed by atoms with van der Waals surface area (Å²) in [7, 11) is 0. The van der Waals surface area contributed by atoms with Gasteiger partial charge in [0.05, 0.1) is 0 Å². The van der Waals surface area contributed by atoms with E-state index in [2.05, 4.69) is 35.2 Å². The van der Waals surface area contributed by atoms with Crippen molar-refractivity contribution in [3.8, 4) is 0 Å². The van der Waals surface area contributed by atoms with E-state index in [1.807, 2.05) is 18.2 Å². The van der Waals surface area contributed by atoms with Crippen LogP contribution in [0.15, 0.2) is 22.7 Å². The summed E-state index contributed by atoms with van der Waals surface area (Å²) < 4.78 is 1.01. The minimum absolute atomic E-state index is 0.168. The third-order valence-corrected chi connectivity index (χ3v) is 3.92. The number of rotatable bonds is 5. The SMILES string of the molecule is CCC(CC)C(NN)c1ccc(Cl)cc1Br. The topological polar surface area (TPSA) is 38.0 Å². The van der Waals surface area contributed by atoms with Crippen molar-refractivity contribution in [3.05, 3.63) is 33.3 Å². The van der Waals surface area contributed by atoms with Crippen LogP contribution in [0.5, 0.6) is 0 Å². The lowest BCUT2D eigenvalue weighted by molar-refractivity contribution is 0.344. The van der Waals surface area contributed by atoms with Crippen molar-refractivity contribution in [3.63, 3.8) is 0 Å². The first-order valence-electron chi connectivity index (χ1n) is 5.55. The molecule has 1 aromatic rings. The van der Waals surface area contributed by atoms with Crippen molar-refractivity contribution < 1.29 is 0 Å². The van der Waals surface area contributed by atoms with Gasteiger partial charge in [-0.25, -0.2) is 0 Å². The summed E-state index contributed by atoms with van der Waals surface area (Å²) in [6, 6.07) is 5.99. The minimum Gasteiger partial charge on any atom is -0.271 e. The maximum absolute atomic E-state index is 5.93. The van der Waals surface area contributed by atoms with Gasteiger partial charge in [-0.15, -0.1) is 0 Å². The van der Waals surface area contributed by atoms with E-state index in [1.54, 1.807) is 0 Å². The molecule has 0 aliphatic carbocycles. The number of hydrazine groups is 1. The lowest BCUT2D eigenvalue weighted by Gasteiger charge is -2.26. The first-order valence-corrected chi connectivity index (χ1v) is 6.72. The Labute approximate surface area is 111 Å². The van der Waals surface area contributed by atoms with Gasteiger partial charge in [0, 0.05) is 15.5 Å². The molecule has 0 heterocycles. The van der Waals surface area contributed by atoms with Gasteiger partial charge in [-0.1, -0.05) is 60.3 Å². The van der Waals surface area contributed by atoms with Crippen LogP contribution >= 0.6 is 27.5 Å². The second kappa shape index (κ2) is 6.60. The standard InChI is InChI=1S/C12H18BrClN2/c1-3-8(4-2)12(16-15)10-6-5-9(14)7-11(10)13/h5-8,12,16H,3-4,15H2,1-2H3. The predicted octanol–water partition coefficient (Wildman–Crippen LogP) is 4.04. The fraction of sp³-hybridized carbons (Fsp3) is 0.500.